The van der Waals surface area contributed by atoms with Gasteiger partial charge in [0.05, 0.1) is 7.11 Å². The van der Waals surface area contributed by atoms with Crippen LogP contribution >= 0.6 is 0 Å². The monoisotopic (exact) mass is 201 g/mol. The maximum absolute atomic E-state index is 11.3. The van der Waals surface area contributed by atoms with Crippen LogP contribution in [0.2, 0.25) is 0 Å². The average molecular weight is 201 g/mol. The van der Waals surface area contributed by atoms with Crippen molar-refractivity contribution in [3.63, 3.8) is 0 Å². The number of nitrogens with zero attached hydrogens (tertiary/aromatic N) is 1. The maximum Gasteiger partial charge on any atom is 0.322 e. The van der Waals surface area contributed by atoms with Crippen LogP contribution in [-0.4, -0.2) is 37.1 Å². The van der Waals surface area contributed by atoms with Crippen molar-refractivity contribution in [1.82, 2.24) is 4.90 Å². The first-order chi connectivity index (χ1) is 6.56. The summed E-state index contributed by atoms with van der Waals surface area (Å²) in [5.74, 6) is 0.484. The largest absolute Gasteiger partial charge is 0.468 e. The molecular weight excluding hydrogens is 178 g/mol. The van der Waals surface area contributed by atoms with Gasteiger partial charge in [-0.2, -0.15) is 0 Å². The van der Waals surface area contributed by atoms with Gasteiger partial charge in [0.1, 0.15) is 6.04 Å². The summed E-state index contributed by atoms with van der Waals surface area (Å²) in [6.45, 7) is 10.2. The lowest BCUT2D eigenvalue weighted by Gasteiger charge is -2.28. The lowest BCUT2D eigenvalue weighted by atomic mass is 10.1. The van der Waals surface area contributed by atoms with Crippen LogP contribution in [0.15, 0.2) is 0 Å². The molecule has 3 nitrogen and oxygen atoms in total. The van der Waals surface area contributed by atoms with E-state index in [-0.39, 0.29) is 12.0 Å². The van der Waals surface area contributed by atoms with Crippen LogP contribution in [0.25, 0.3) is 0 Å². The Balaban J connectivity index is 4.18. The van der Waals surface area contributed by atoms with E-state index in [1.54, 1.807) is 0 Å². The van der Waals surface area contributed by atoms with Crippen LogP contribution < -0.4 is 0 Å². The lowest BCUT2D eigenvalue weighted by Crippen LogP contribution is -2.41. The van der Waals surface area contributed by atoms with E-state index in [2.05, 4.69) is 25.7 Å². The molecule has 0 rings (SSSR count). The molecule has 0 aliphatic carbocycles. The predicted molar refractivity (Wildman–Crippen MR) is 58.2 cm³/mol. The summed E-state index contributed by atoms with van der Waals surface area (Å²) in [6.07, 6.45) is 1.14. The quantitative estimate of drug-likeness (QED) is 0.615. The van der Waals surface area contributed by atoms with Gasteiger partial charge >= 0.3 is 5.97 Å². The summed E-state index contributed by atoms with van der Waals surface area (Å²) in [6, 6.07) is -0.126. The zero-order valence-corrected chi connectivity index (χ0v) is 10.0. The third kappa shape index (κ3) is 4.09. The molecule has 0 radical (unpaired) electrons. The van der Waals surface area contributed by atoms with Gasteiger partial charge in [-0.3, -0.25) is 9.69 Å². The number of hydrogen-bond acceptors (Lipinski definition) is 3. The van der Waals surface area contributed by atoms with E-state index in [1.807, 2.05) is 6.92 Å². The molecule has 0 heterocycles. The highest BCUT2D eigenvalue weighted by Crippen LogP contribution is 2.08. The summed E-state index contributed by atoms with van der Waals surface area (Å²) in [5.41, 5.74) is 0. The minimum Gasteiger partial charge on any atom is -0.468 e. The molecule has 3 heteroatoms. The summed E-state index contributed by atoms with van der Waals surface area (Å²) in [5, 5.41) is 0. The fraction of sp³-hybridized carbons (Fsp3) is 0.909. The van der Waals surface area contributed by atoms with Gasteiger partial charge in [-0.25, -0.2) is 0 Å². The van der Waals surface area contributed by atoms with Crippen molar-refractivity contribution < 1.29 is 9.53 Å². The number of carbonyl (C=O) groups is 1. The van der Waals surface area contributed by atoms with Crippen molar-refractivity contribution >= 4 is 5.97 Å². The summed E-state index contributed by atoms with van der Waals surface area (Å²) in [7, 11) is 1.44. The van der Waals surface area contributed by atoms with E-state index in [0.29, 0.717) is 5.92 Å². The molecule has 0 bridgehead atoms. The Morgan fingerprint density at radius 2 is 1.93 bits per heavy atom. The van der Waals surface area contributed by atoms with E-state index in [9.17, 15) is 4.79 Å². The molecule has 0 fully saturated rings. The van der Waals surface area contributed by atoms with Crippen molar-refractivity contribution in [2.75, 3.05) is 20.2 Å². The molecule has 0 aromatic heterocycles. The SMILES string of the molecule is CCC(C)CN(CC)C(C)C(=O)OC. The second kappa shape index (κ2) is 6.82. The Morgan fingerprint density at radius 1 is 1.36 bits per heavy atom. The number of carbonyl (C=O) groups excluding carboxylic acids is 1. The van der Waals surface area contributed by atoms with Gasteiger partial charge in [-0.1, -0.05) is 27.2 Å². The molecule has 0 spiro atoms. The number of ether oxygens (including phenoxy) is 1. The Labute approximate surface area is 87.4 Å². The number of hydrogen-bond donors (Lipinski definition) is 0. The van der Waals surface area contributed by atoms with Crippen molar-refractivity contribution in [2.45, 2.75) is 40.2 Å². The van der Waals surface area contributed by atoms with Crippen LogP contribution in [-0.2, 0) is 9.53 Å². The molecule has 2 atom stereocenters. The zero-order chi connectivity index (χ0) is 11.1. The second-order valence-corrected chi connectivity index (χ2v) is 3.80. The predicted octanol–water partition coefficient (Wildman–Crippen LogP) is 1.92. The molecule has 2 unspecified atom stereocenters. The molecule has 14 heavy (non-hydrogen) atoms. The van der Waals surface area contributed by atoms with Gasteiger partial charge in [-0.05, 0) is 19.4 Å². The van der Waals surface area contributed by atoms with E-state index < -0.39 is 0 Å². The van der Waals surface area contributed by atoms with Crippen molar-refractivity contribution in [3.05, 3.63) is 0 Å². The summed E-state index contributed by atoms with van der Waals surface area (Å²) < 4.78 is 4.73. The topological polar surface area (TPSA) is 29.5 Å². The zero-order valence-electron chi connectivity index (χ0n) is 10.0. The molecule has 0 aromatic carbocycles. The highest BCUT2D eigenvalue weighted by atomic mass is 16.5. The number of esters is 1. The van der Waals surface area contributed by atoms with Crippen molar-refractivity contribution in [3.8, 4) is 0 Å². The van der Waals surface area contributed by atoms with E-state index >= 15 is 0 Å². The Hall–Kier alpha value is -0.570. The van der Waals surface area contributed by atoms with Crippen LogP contribution in [0.1, 0.15) is 34.1 Å². The van der Waals surface area contributed by atoms with E-state index in [1.165, 1.54) is 7.11 Å². The minimum atomic E-state index is -0.143. The van der Waals surface area contributed by atoms with Crippen molar-refractivity contribution in [1.29, 1.82) is 0 Å². The normalized spacial score (nSPS) is 15.3. The molecular formula is C11H23NO2. The van der Waals surface area contributed by atoms with Crippen LogP contribution in [0, 0.1) is 5.92 Å². The number of likely N-dealkylation sites (N-methyl/N-ethyl adjacent to an activating group) is 1. The van der Waals surface area contributed by atoms with Gasteiger partial charge in [0, 0.05) is 6.54 Å². The summed E-state index contributed by atoms with van der Waals surface area (Å²) >= 11 is 0. The molecule has 0 saturated carbocycles. The Kier molecular flexibility index (Phi) is 6.54. The van der Waals surface area contributed by atoms with Crippen LogP contribution in [0.4, 0.5) is 0 Å². The minimum absolute atomic E-state index is 0.126. The van der Waals surface area contributed by atoms with Crippen LogP contribution in [0.5, 0.6) is 0 Å². The standard InChI is InChI=1S/C11H23NO2/c1-6-9(3)8-12(7-2)10(4)11(13)14-5/h9-10H,6-8H2,1-5H3. The fourth-order valence-corrected chi connectivity index (χ4v) is 1.41. The lowest BCUT2D eigenvalue weighted by molar-refractivity contribution is -0.146. The second-order valence-electron chi connectivity index (χ2n) is 3.80. The third-order valence-electron chi connectivity index (χ3n) is 2.74. The summed E-state index contributed by atoms with van der Waals surface area (Å²) in [4.78, 5) is 13.5. The highest BCUT2D eigenvalue weighted by molar-refractivity contribution is 5.75. The van der Waals surface area contributed by atoms with Gasteiger partial charge in [0.2, 0.25) is 0 Å². The average Bonchev–Trinajstić information content (AvgIpc) is 2.23. The van der Waals surface area contributed by atoms with Gasteiger partial charge in [0.15, 0.2) is 0 Å². The van der Waals surface area contributed by atoms with Gasteiger partial charge < -0.3 is 4.74 Å². The number of methoxy groups -OCH3 is 1. The van der Waals surface area contributed by atoms with Crippen molar-refractivity contribution in [2.24, 2.45) is 5.92 Å². The van der Waals surface area contributed by atoms with Gasteiger partial charge in [-0.15, -0.1) is 0 Å². The molecule has 0 aliphatic heterocycles. The van der Waals surface area contributed by atoms with Gasteiger partial charge in [0.25, 0.3) is 0 Å². The highest BCUT2D eigenvalue weighted by Gasteiger charge is 2.21. The van der Waals surface area contributed by atoms with Crippen LogP contribution in [0.3, 0.4) is 0 Å². The third-order valence-corrected chi connectivity index (χ3v) is 2.74. The first-order valence-electron chi connectivity index (χ1n) is 5.38. The van der Waals surface area contributed by atoms with E-state index in [0.717, 1.165) is 19.5 Å². The smallest absolute Gasteiger partial charge is 0.322 e. The molecule has 0 aliphatic rings. The first kappa shape index (κ1) is 13.4. The molecule has 0 amide bonds. The maximum atomic E-state index is 11.3. The molecule has 84 valence electrons. The Morgan fingerprint density at radius 3 is 2.29 bits per heavy atom. The fourth-order valence-electron chi connectivity index (χ4n) is 1.41. The van der Waals surface area contributed by atoms with E-state index in [4.69, 9.17) is 4.74 Å². The Bertz CT molecular complexity index is 171. The molecule has 0 N–H and O–H groups in total. The molecule has 0 saturated heterocycles. The first-order valence-corrected chi connectivity index (χ1v) is 5.38. The number of rotatable bonds is 6. The molecule has 0 aromatic rings.